The number of carbonyl (C=O) groups is 2. The lowest BCUT2D eigenvalue weighted by atomic mass is 10.1. The minimum atomic E-state index is -0.769. The second kappa shape index (κ2) is 6.81. The van der Waals surface area contributed by atoms with E-state index >= 15 is 0 Å². The molecule has 0 aliphatic rings. The summed E-state index contributed by atoms with van der Waals surface area (Å²) in [5.74, 6) is -1.34. The molecule has 6 heteroatoms. The van der Waals surface area contributed by atoms with Gasteiger partial charge in [-0.1, -0.05) is 35.3 Å². The van der Waals surface area contributed by atoms with Crippen LogP contribution in [0.25, 0.3) is 0 Å². The number of ketones is 1. The van der Waals surface area contributed by atoms with Crippen molar-refractivity contribution in [3.63, 3.8) is 0 Å². The van der Waals surface area contributed by atoms with Crippen molar-refractivity contribution in [3.05, 3.63) is 63.1 Å². The number of benzene rings is 2. The van der Waals surface area contributed by atoms with Gasteiger partial charge in [0.05, 0.1) is 10.0 Å². The predicted molar refractivity (Wildman–Crippen MR) is 83.9 cm³/mol. The highest BCUT2D eigenvalue weighted by atomic mass is 35.5. The first kappa shape index (κ1) is 16.3. The summed E-state index contributed by atoms with van der Waals surface area (Å²) in [5, 5.41) is 10.4. The molecule has 0 bridgehead atoms. The lowest BCUT2D eigenvalue weighted by Gasteiger charge is -2.08. The number of aromatic hydroxyl groups is 1. The van der Waals surface area contributed by atoms with E-state index in [0.717, 1.165) is 0 Å². The van der Waals surface area contributed by atoms with E-state index in [1.807, 2.05) is 0 Å². The van der Waals surface area contributed by atoms with E-state index < -0.39 is 18.4 Å². The normalized spacial score (nSPS) is 10.3. The van der Waals surface area contributed by atoms with Crippen LogP contribution < -0.4 is 0 Å². The molecule has 0 radical (unpaired) electrons. The zero-order chi connectivity index (χ0) is 16.3. The molecule has 0 aliphatic heterocycles. The van der Waals surface area contributed by atoms with Crippen LogP contribution in [0.5, 0.6) is 5.75 Å². The minimum Gasteiger partial charge on any atom is -0.507 e. The van der Waals surface area contributed by atoms with Crippen molar-refractivity contribution in [3.8, 4) is 5.75 Å². The molecular formula is C16H12Cl2O4. The van der Waals surface area contributed by atoms with Gasteiger partial charge in [-0.05, 0) is 36.8 Å². The summed E-state index contributed by atoms with van der Waals surface area (Å²) < 4.78 is 4.93. The predicted octanol–water partition coefficient (Wildman–Crippen LogP) is 4.05. The molecule has 0 heterocycles. The maximum atomic E-state index is 12.0. The number of phenols is 1. The largest absolute Gasteiger partial charge is 0.507 e. The van der Waals surface area contributed by atoms with Gasteiger partial charge in [0.1, 0.15) is 11.3 Å². The van der Waals surface area contributed by atoms with Crippen LogP contribution >= 0.6 is 23.2 Å². The van der Waals surface area contributed by atoms with Gasteiger partial charge in [-0.25, -0.2) is 4.79 Å². The smallest absolute Gasteiger partial charge is 0.342 e. The first-order chi connectivity index (χ1) is 10.4. The van der Waals surface area contributed by atoms with Gasteiger partial charge in [0.2, 0.25) is 0 Å². The van der Waals surface area contributed by atoms with Crippen LogP contribution in [0.15, 0.2) is 36.4 Å². The van der Waals surface area contributed by atoms with E-state index in [2.05, 4.69) is 0 Å². The van der Waals surface area contributed by atoms with Crippen LogP contribution in [0, 0.1) is 6.92 Å². The minimum absolute atomic E-state index is 0.0157. The molecule has 0 spiro atoms. The summed E-state index contributed by atoms with van der Waals surface area (Å²) in [5.41, 5.74) is 0.850. The number of ether oxygens (including phenoxy) is 1. The van der Waals surface area contributed by atoms with E-state index in [-0.39, 0.29) is 21.9 Å². The van der Waals surface area contributed by atoms with Gasteiger partial charge in [0.25, 0.3) is 0 Å². The highest BCUT2D eigenvalue weighted by Crippen LogP contribution is 2.24. The molecule has 2 rings (SSSR count). The maximum absolute atomic E-state index is 12.0. The standard InChI is InChI=1S/C16H12Cl2O4/c1-9-3-2-4-11(15(9)20)16(21)22-8-14(19)10-5-6-12(17)13(18)7-10/h2-7,20H,8H2,1H3. The van der Waals surface area contributed by atoms with Gasteiger partial charge in [-0.2, -0.15) is 0 Å². The molecule has 0 saturated heterocycles. The SMILES string of the molecule is Cc1cccc(C(=O)OCC(=O)c2ccc(Cl)c(Cl)c2)c1O. The average Bonchev–Trinajstić information content (AvgIpc) is 2.50. The molecule has 1 N–H and O–H groups in total. The molecule has 2 aromatic carbocycles. The molecule has 0 amide bonds. The van der Waals surface area contributed by atoms with Gasteiger partial charge >= 0.3 is 5.97 Å². The zero-order valence-electron chi connectivity index (χ0n) is 11.6. The summed E-state index contributed by atoms with van der Waals surface area (Å²) in [7, 11) is 0. The van der Waals surface area contributed by atoms with E-state index in [9.17, 15) is 14.7 Å². The van der Waals surface area contributed by atoms with Crippen molar-refractivity contribution < 1.29 is 19.4 Å². The summed E-state index contributed by atoms with van der Waals surface area (Å²) in [4.78, 5) is 23.8. The van der Waals surface area contributed by atoms with Crippen LogP contribution in [0.3, 0.4) is 0 Å². The number of esters is 1. The fourth-order valence-electron chi connectivity index (χ4n) is 1.79. The number of hydrogen-bond acceptors (Lipinski definition) is 4. The second-order valence-electron chi connectivity index (χ2n) is 4.60. The number of rotatable bonds is 4. The van der Waals surface area contributed by atoms with Gasteiger partial charge in [0.15, 0.2) is 12.4 Å². The van der Waals surface area contributed by atoms with Crippen molar-refractivity contribution >= 4 is 35.0 Å². The number of halogens is 2. The fourth-order valence-corrected chi connectivity index (χ4v) is 2.08. The number of hydrogen-bond donors (Lipinski definition) is 1. The highest BCUT2D eigenvalue weighted by molar-refractivity contribution is 6.42. The molecule has 22 heavy (non-hydrogen) atoms. The average molecular weight is 339 g/mol. The number of Topliss-reactive ketones (excluding diaryl/α,β-unsaturated/α-hetero) is 1. The molecule has 0 unspecified atom stereocenters. The Morgan fingerprint density at radius 2 is 1.86 bits per heavy atom. The van der Waals surface area contributed by atoms with E-state index in [1.165, 1.54) is 24.3 Å². The summed E-state index contributed by atoms with van der Waals surface area (Å²) >= 11 is 11.6. The Morgan fingerprint density at radius 1 is 1.14 bits per heavy atom. The van der Waals surface area contributed by atoms with E-state index in [1.54, 1.807) is 19.1 Å². The molecule has 2 aromatic rings. The Bertz CT molecular complexity index is 741. The third kappa shape index (κ3) is 3.59. The Kier molecular flexibility index (Phi) is 5.06. The summed E-state index contributed by atoms with van der Waals surface area (Å²) in [6.45, 7) is 1.21. The summed E-state index contributed by atoms with van der Waals surface area (Å²) in [6.07, 6.45) is 0. The Labute approximate surface area is 137 Å². The van der Waals surface area contributed by atoms with Gasteiger partial charge < -0.3 is 9.84 Å². The van der Waals surface area contributed by atoms with E-state index in [0.29, 0.717) is 10.6 Å². The Morgan fingerprint density at radius 3 is 2.55 bits per heavy atom. The lowest BCUT2D eigenvalue weighted by molar-refractivity contribution is 0.0471. The second-order valence-corrected chi connectivity index (χ2v) is 5.41. The van der Waals surface area contributed by atoms with E-state index in [4.69, 9.17) is 27.9 Å². The van der Waals surface area contributed by atoms with Crippen molar-refractivity contribution in [1.29, 1.82) is 0 Å². The third-order valence-corrected chi connectivity index (χ3v) is 3.77. The zero-order valence-corrected chi connectivity index (χ0v) is 13.1. The van der Waals surface area contributed by atoms with Crippen molar-refractivity contribution in [2.75, 3.05) is 6.61 Å². The first-order valence-electron chi connectivity index (χ1n) is 6.34. The number of para-hydroxylation sites is 1. The van der Waals surface area contributed by atoms with Gasteiger partial charge in [-0.15, -0.1) is 0 Å². The molecule has 114 valence electrons. The monoisotopic (exact) mass is 338 g/mol. The van der Waals surface area contributed by atoms with Crippen LogP contribution in [0.4, 0.5) is 0 Å². The lowest BCUT2D eigenvalue weighted by Crippen LogP contribution is -2.14. The molecular weight excluding hydrogens is 327 g/mol. The number of aryl methyl sites for hydroxylation is 1. The first-order valence-corrected chi connectivity index (χ1v) is 7.09. The third-order valence-electron chi connectivity index (χ3n) is 3.03. The number of phenolic OH excluding ortho intramolecular Hbond substituents is 1. The molecule has 0 atom stereocenters. The Balaban J connectivity index is 2.06. The maximum Gasteiger partial charge on any atom is 0.342 e. The fraction of sp³-hybridized carbons (Fsp3) is 0.125. The molecule has 0 aromatic heterocycles. The van der Waals surface area contributed by atoms with Crippen molar-refractivity contribution in [1.82, 2.24) is 0 Å². The topological polar surface area (TPSA) is 63.6 Å². The van der Waals surface area contributed by atoms with Crippen LogP contribution in [0.2, 0.25) is 10.0 Å². The molecule has 4 nitrogen and oxygen atoms in total. The highest BCUT2D eigenvalue weighted by Gasteiger charge is 2.16. The molecule has 0 saturated carbocycles. The van der Waals surface area contributed by atoms with Crippen LogP contribution in [-0.4, -0.2) is 23.5 Å². The summed E-state index contributed by atoms with van der Waals surface area (Å²) in [6, 6.07) is 9.09. The van der Waals surface area contributed by atoms with Crippen molar-refractivity contribution in [2.45, 2.75) is 6.92 Å². The molecule has 0 aliphatic carbocycles. The molecule has 0 fully saturated rings. The van der Waals surface area contributed by atoms with Gasteiger partial charge in [0, 0.05) is 5.56 Å². The van der Waals surface area contributed by atoms with Gasteiger partial charge in [-0.3, -0.25) is 4.79 Å². The van der Waals surface area contributed by atoms with Crippen LogP contribution in [0.1, 0.15) is 26.3 Å². The Hall–Kier alpha value is -2.04. The van der Waals surface area contributed by atoms with Crippen LogP contribution in [-0.2, 0) is 4.74 Å². The van der Waals surface area contributed by atoms with Crippen molar-refractivity contribution in [2.24, 2.45) is 0 Å². The quantitative estimate of drug-likeness (QED) is 0.674. The number of carbonyl (C=O) groups excluding carboxylic acids is 2.